The molecule has 0 N–H and O–H groups in total. The third-order valence-corrected chi connectivity index (χ3v) is 4.85. The lowest BCUT2D eigenvalue weighted by Crippen LogP contribution is -2.00. The van der Waals surface area contributed by atoms with E-state index < -0.39 is 0 Å². The second kappa shape index (κ2) is 9.85. The van der Waals surface area contributed by atoms with Crippen LogP contribution in [0.1, 0.15) is 50.5 Å². The predicted octanol–water partition coefficient (Wildman–Crippen LogP) is 4.97. The first-order valence-electron chi connectivity index (χ1n) is 9.62. The number of unbranched alkanes of at least 4 members (excludes halogenated alkanes) is 4. The maximum atomic E-state index is 12.0. The molecule has 0 saturated heterocycles. The molecule has 3 aromatic rings. The molecule has 0 aromatic carbocycles. The Kier molecular flexibility index (Phi) is 6.94. The summed E-state index contributed by atoms with van der Waals surface area (Å²) >= 11 is 0. The molecule has 0 aliphatic rings. The fourth-order valence-electron chi connectivity index (χ4n) is 3.31. The van der Waals surface area contributed by atoms with Crippen LogP contribution in [0, 0.1) is 0 Å². The van der Waals surface area contributed by atoms with E-state index in [0.29, 0.717) is 18.6 Å². The van der Waals surface area contributed by atoms with Gasteiger partial charge in [0, 0.05) is 49.6 Å². The summed E-state index contributed by atoms with van der Waals surface area (Å²) in [7, 11) is 0. The van der Waals surface area contributed by atoms with Gasteiger partial charge < -0.3 is 4.57 Å². The van der Waals surface area contributed by atoms with Crippen molar-refractivity contribution in [2.24, 2.45) is 0 Å². The molecule has 4 heteroatoms. The largest absolute Gasteiger partial charge is 0.346 e. The highest BCUT2D eigenvalue weighted by molar-refractivity contribution is 5.79. The third kappa shape index (κ3) is 5.51. The average molecular weight is 349 g/mol. The van der Waals surface area contributed by atoms with E-state index in [1.165, 1.54) is 30.2 Å². The minimum absolute atomic E-state index is 0.375. The van der Waals surface area contributed by atoms with Crippen LogP contribution < -0.4 is 0 Å². The van der Waals surface area contributed by atoms with E-state index in [9.17, 15) is 4.79 Å². The van der Waals surface area contributed by atoms with Crippen LogP contribution in [0.4, 0.5) is 0 Å². The summed E-state index contributed by atoms with van der Waals surface area (Å²) in [5.41, 5.74) is 2.36. The molecule has 0 atom stereocenters. The summed E-state index contributed by atoms with van der Waals surface area (Å²) in [5.74, 6) is 0.375. The molecule has 26 heavy (non-hydrogen) atoms. The molecule has 0 unspecified atom stereocenters. The minimum Gasteiger partial charge on any atom is -0.346 e. The van der Waals surface area contributed by atoms with Crippen molar-refractivity contribution < 1.29 is 4.79 Å². The lowest BCUT2D eigenvalue weighted by Gasteiger charge is -2.05. The summed E-state index contributed by atoms with van der Waals surface area (Å²) in [6.45, 7) is 1.04. The van der Waals surface area contributed by atoms with Crippen LogP contribution in [0.5, 0.6) is 0 Å². The van der Waals surface area contributed by atoms with Crippen molar-refractivity contribution in [1.29, 1.82) is 0 Å². The van der Waals surface area contributed by atoms with E-state index in [2.05, 4.69) is 32.9 Å². The molecule has 0 bridgehead atoms. The van der Waals surface area contributed by atoms with Crippen LogP contribution in [0.15, 0.2) is 55.2 Å². The molecule has 4 nitrogen and oxygen atoms in total. The van der Waals surface area contributed by atoms with Crippen LogP contribution >= 0.6 is 0 Å². The molecule has 0 amide bonds. The van der Waals surface area contributed by atoms with Crippen molar-refractivity contribution in [2.45, 2.75) is 57.9 Å². The molecule has 3 aromatic heterocycles. The van der Waals surface area contributed by atoms with E-state index in [-0.39, 0.29) is 0 Å². The van der Waals surface area contributed by atoms with Crippen LogP contribution in [-0.4, -0.2) is 20.3 Å². The molecule has 0 spiro atoms. The van der Waals surface area contributed by atoms with Gasteiger partial charge in [0.2, 0.25) is 0 Å². The molecule has 0 radical (unpaired) electrons. The Balaban J connectivity index is 1.24. The SMILES string of the molecule is O=C(CCCCCCCn1ccc2ccncc21)CCc1cccnc1. The van der Waals surface area contributed by atoms with E-state index in [0.717, 1.165) is 31.4 Å². The molecule has 0 saturated carbocycles. The molecular formula is C22H27N3O. The van der Waals surface area contributed by atoms with Crippen LogP contribution in [-0.2, 0) is 17.8 Å². The number of hydrogen-bond acceptors (Lipinski definition) is 3. The Morgan fingerprint density at radius 1 is 0.885 bits per heavy atom. The number of rotatable bonds is 11. The van der Waals surface area contributed by atoms with Gasteiger partial charge in [0.15, 0.2) is 0 Å². The first kappa shape index (κ1) is 18.3. The zero-order valence-electron chi connectivity index (χ0n) is 15.3. The van der Waals surface area contributed by atoms with Gasteiger partial charge in [-0.2, -0.15) is 0 Å². The third-order valence-electron chi connectivity index (χ3n) is 4.85. The van der Waals surface area contributed by atoms with E-state index >= 15 is 0 Å². The molecule has 136 valence electrons. The first-order chi connectivity index (χ1) is 12.8. The molecule has 0 aliphatic carbocycles. The summed E-state index contributed by atoms with van der Waals surface area (Å²) < 4.78 is 2.28. The Labute approximate surface area is 155 Å². The summed E-state index contributed by atoms with van der Waals surface area (Å²) in [6.07, 6.45) is 17.4. The number of hydrogen-bond donors (Lipinski definition) is 0. The Morgan fingerprint density at radius 2 is 1.73 bits per heavy atom. The van der Waals surface area contributed by atoms with Gasteiger partial charge in [-0.15, -0.1) is 0 Å². The average Bonchev–Trinajstić information content (AvgIpc) is 3.10. The Morgan fingerprint density at radius 3 is 2.62 bits per heavy atom. The van der Waals surface area contributed by atoms with Gasteiger partial charge in [-0.3, -0.25) is 14.8 Å². The van der Waals surface area contributed by atoms with Crippen molar-refractivity contribution in [3.05, 3.63) is 60.8 Å². The molecule has 3 rings (SSSR count). The van der Waals surface area contributed by atoms with E-state index in [1.54, 1.807) is 6.20 Å². The number of carbonyl (C=O) groups excluding carboxylic acids is 1. The van der Waals surface area contributed by atoms with Gasteiger partial charge in [-0.1, -0.05) is 25.3 Å². The van der Waals surface area contributed by atoms with Crippen LogP contribution in [0.25, 0.3) is 10.9 Å². The van der Waals surface area contributed by atoms with Crippen molar-refractivity contribution >= 4 is 16.7 Å². The second-order valence-corrected chi connectivity index (χ2v) is 6.86. The fourth-order valence-corrected chi connectivity index (χ4v) is 3.31. The normalized spacial score (nSPS) is 11.1. The molecule has 3 heterocycles. The number of carbonyl (C=O) groups is 1. The summed E-state index contributed by atoms with van der Waals surface area (Å²) in [4.78, 5) is 20.2. The van der Waals surface area contributed by atoms with Crippen LogP contribution in [0.2, 0.25) is 0 Å². The smallest absolute Gasteiger partial charge is 0.133 e. The number of Topliss-reactive ketones (excluding diaryl/α,β-unsaturated/α-hetero) is 1. The highest BCUT2D eigenvalue weighted by Gasteiger charge is 2.03. The molecule has 0 aliphatic heterocycles. The maximum absolute atomic E-state index is 12.0. The van der Waals surface area contributed by atoms with E-state index in [1.807, 2.05) is 30.7 Å². The van der Waals surface area contributed by atoms with Gasteiger partial charge in [-0.05, 0) is 43.0 Å². The fraction of sp³-hybridized carbons (Fsp3) is 0.409. The molecule has 0 fully saturated rings. The van der Waals surface area contributed by atoms with Crippen molar-refractivity contribution in [3.63, 3.8) is 0 Å². The van der Waals surface area contributed by atoms with Gasteiger partial charge in [0.05, 0.1) is 11.7 Å². The highest BCUT2D eigenvalue weighted by Crippen LogP contribution is 2.15. The van der Waals surface area contributed by atoms with Gasteiger partial charge in [0.25, 0.3) is 0 Å². The Bertz CT molecular complexity index is 810. The summed E-state index contributed by atoms with van der Waals surface area (Å²) in [5, 5.41) is 1.25. The number of pyridine rings is 2. The number of nitrogens with zero attached hydrogens (tertiary/aromatic N) is 3. The number of aryl methyl sites for hydroxylation is 2. The number of aromatic nitrogens is 3. The van der Waals surface area contributed by atoms with Crippen molar-refractivity contribution in [2.75, 3.05) is 0 Å². The topological polar surface area (TPSA) is 47.8 Å². The lowest BCUT2D eigenvalue weighted by atomic mass is 10.0. The number of fused-ring (bicyclic) bond motifs is 1. The van der Waals surface area contributed by atoms with Crippen molar-refractivity contribution in [3.8, 4) is 0 Å². The number of ketones is 1. The van der Waals surface area contributed by atoms with E-state index in [4.69, 9.17) is 0 Å². The zero-order valence-corrected chi connectivity index (χ0v) is 15.3. The quantitative estimate of drug-likeness (QED) is 0.459. The second-order valence-electron chi connectivity index (χ2n) is 6.86. The maximum Gasteiger partial charge on any atom is 0.133 e. The minimum atomic E-state index is 0.375. The van der Waals surface area contributed by atoms with Crippen LogP contribution in [0.3, 0.4) is 0 Å². The lowest BCUT2D eigenvalue weighted by molar-refractivity contribution is -0.119. The van der Waals surface area contributed by atoms with Gasteiger partial charge in [-0.25, -0.2) is 0 Å². The molecular weight excluding hydrogens is 322 g/mol. The van der Waals surface area contributed by atoms with Gasteiger partial charge >= 0.3 is 0 Å². The Hall–Kier alpha value is -2.49. The monoisotopic (exact) mass is 349 g/mol. The zero-order chi connectivity index (χ0) is 18.0. The summed E-state index contributed by atoms with van der Waals surface area (Å²) in [6, 6.07) is 8.16. The predicted molar refractivity (Wildman–Crippen MR) is 105 cm³/mol. The highest BCUT2D eigenvalue weighted by atomic mass is 16.1. The standard InChI is InChI=1S/C22H27N3O/c26-21(10-9-19-7-6-13-23-17-19)8-4-2-1-3-5-15-25-16-12-20-11-14-24-18-22(20)25/h6-7,11-14,16-18H,1-5,8-10,15H2. The van der Waals surface area contributed by atoms with Gasteiger partial charge in [0.1, 0.15) is 5.78 Å². The van der Waals surface area contributed by atoms with Crippen molar-refractivity contribution in [1.82, 2.24) is 14.5 Å². The first-order valence-corrected chi connectivity index (χ1v) is 9.62.